The number of nitrogens with one attached hydrogen (secondary N) is 1. The number of rotatable bonds is 3. The maximum Gasteiger partial charge on any atom is 0.322 e. The SMILES string of the molecule is Cc1nc(C)c(-c2nnc(NC(=O)C3CCC3)o2)s1. The lowest BCUT2D eigenvalue weighted by atomic mass is 9.85. The lowest BCUT2D eigenvalue weighted by Gasteiger charge is -2.22. The first-order valence-corrected chi connectivity index (χ1v) is 7.04. The Morgan fingerprint density at radius 1 is 1.37 bits per heavy atom. The van der Waals surface area contributed by atoms with Gasteiger partial charge in [0, 0.05) is 5.92 Å². The largest absolute Gasteiger partial charge is 0.402 e. The molecule has 0 atom stereocenters. The number of carbonyl (C=O) groups excluding carboxylic acids is 1. The molecule has 1 saturated carbocycles. The molecule has 0 bridgehead atoms. The summed E-state index contributed by atoms with van der Waals surface area (Å²) in [5, 5.41) is 11.4. The van der Waals surface area contributed by atoms with E-state index in [0.717, 1.165) is 34.8 Å². The van der Waals surface area contributed by atoms with Crippen molar-refractivity contribution in [2.75, 3.05) is 5.32 Å². The molecular weight excluding hydrogens is 264 g/mol. The molecule has 0 unspecified atom stereocenters. The van der Waals surface area contributed by atoms with E-state index in [1.165, 1.54) is 11.3 Å². The molecule has 0 aliphatic heterocycles. The minimum atomic E-state index is -0.0290. The predicted octanol–water partition coefficient (Wildman–Crippen LogP) is 2.55. The molecule has 0 radical (unpaired) electrons. The van der Waals surface area contributed by atoms with Crippen molar-refractivity contribution in [3.05, 3.63) is 10.7 Å². The van der Waals surface area contributed by atoms with Crippen molar-refractivity contribution in [2.45, 2.75) is 33.1 Å². The van der Waals surface area contributed by atoms with Crippen molar-refractivity contribution in [1.29, 1.82) is 0 Å². The second kappa shape index (κ2) is 4.73. The van der Waals surface area contributed by atoms with Crippen molar-refractivity contribution in [3.63, 3.8) is 0 Å². The van der Waals surface area contributed by atoms with Gasteiger partial charge in [-0.25, -0.2) is 4.98 Å². The highest BCUT2D eigenvalue weighted by molar-refractivity contribution is 7.15. The number of aryl methyl sites for hydroxylation is 2. The smallest absolute Gasteiger partial charge is 0.322 e. The van der Waals surface area contributed by atoms with Crippen LogP contribution in [0, 0.1) is 19.8 Å². The molecule has 2 aromatic heterocycles. The Kier molecular flexibility index (Phi) is 3.06. The molecule has 0 aromatic carbocycles. The maximum atomic E-state index is 11.8. The fourth-order valence-electron chi connectivity index (χ4n) is 1.97. The Hall–Kier alpha value is -1.76. The van der Waals surface area contributed by atoms with Crippen LogP contribution < -0.4 is 5.32 Å². The van der Waals surface area contributed by atoms with Gasteiger partial charge in [-0.1, -0.05) is 11.5 Å². The van der Waals surface area contributed by atoms with Crippen molar-refractivity contribution in [2.24, 2.45) is 5.92 Å². The monoisotopic (exact) mass is 278 g/mol. The molecule has 100 valence electrons. The molecule has 19 heavy (non-hydrogen) atoms. The van der Waals surface area contributed by atoms with Crippen molar-refractivity contribution < 1.29 is 9.21 Å². The summed E-state index contributed by atoms with van der Waals surface area (Å²) in [6.45, 7) is 3.83. The van der Waals surface area contributed by atoms with Gasteiger partial charge >= 0.3 is 6.01 Å². The van der Waals surface area contributed by atoms with E-state index in [2.05, 4.69) is 20.5 Å². The number of hydrogen-bond donors (Lipinski definition) is 1. The van der Waals surface area contributed by atoms with Gasteiger partial charge in [0.25, 0.3) is 5.89 Å². The number of anilines is 1. The Morgan fingerprint density at radius 3 is 2.74 bits per heavy atom. The van der Waals surface area contributed by atoms with Crippen molar-refractivity contribution >= 4 is 23.3 Å². The molecule has 0 saturated heterocycles. The quantitative estimate of drug-likeness (QED) is 0.933. The van der Waals surface area contributed by atoms with Crippen LogP contribution in [0.3, 0.4) is 0 Å². The molecule has 6 nitrogen and oxygen atoms in total. The third kappa shape index (κ3) is 2.37. The van der Waals surface area contributed by atoms with Crippen LogP contribution in [-0.2, 0) is 4.79 Å². The van der Waals surface area contributed by atoms with Crippen molar-refractivity contribution in [1.82, 2.24) is 15.2 Å². The summed E-state index contributed by atoms with van der Waals surface area (Å²) < 4.78 is 5.47. The summed E-state index contributed by atoms with van der Waals surface area (Å²) >= 11 is 1.50. The van der Waals surface area contributed by atoms with Gasteiger partial charge < -0.3 is 4.42 Å². The zero-order valence-electron chi connectivity index (χ0n) is 10.8. The second-order valence-corrected chi connectivity index (χ2v) is 5.88. The predicted molar refractivity (Wildman–Crippen MR) is 70.9 cm³/mol. The Morgan fingerprint density at radius 2 is 2.16 bits per heavy atom. The lowest BCUT2D eigenvalue weighted by Crippen LogP contribution is -2.28. The van der Waals surface area contributed by atoms with Crippen LogP contribution in [0.2, 0.25) is 0 Å². The fourth-order valence-corrected chi connectivity index (χ4v) is 2.81. The zero-order chi connectivity index (χ0) is 13.4. The second-order valence-electron chi connectivity index (χ2n) is 4.68. The Balaban J connectivity index is 1.75. The van der Waals surface area contributed by atoms with Crippen LogP contribution in [0.4, 0.5) is 6.01 Å². The van der Waals surface area contributed by atoms with E-state index in [4.69, 9.17) is 4.42 Å². The molecule has 1 amide bonds. The van der Waals surface area contributed by atoms with E-state index < -0.39 is 0 Å². The summed E-state index contributed by atoms with van der Waals surface area (Å²) in [5.41, 5.74) is 0.864. The van der Waals surface area contributed by atoms with Gasteiger partial charge in [0.05, 0.1) is 10.7 Å². The van der Waals surface area contributed by atoms with E-state index in [0.29, 0.717) is 5.89 Å². The standard InChI is InChI=1S/C12H14N4O2S/c1-6-9(19-7(2)13-6)11-15-16-12(18-11)14-10(17)8-4-3-5-8/h8H,3-5H2,1-2H3,(H,14,16,17). The average Bonchev–Trinajstić information content (AvgIpc) is 2.82. The van der Waals surface area contributed by atoms with Crippen LogP contribution in [0.25, 0.3) is 10.8 Å². The molecule has 7 heteroatoms. The summed E-state index contributed by atoms with van der Waals surface area (Å²) in [4.78, 5) is 16.9. The molecule has 2 heterocycles. The van der Waals surface area contributed by atoms with Gasteiger partial charge in [-0.05, 0) is 26.7 Å². The van der Waals surface area contributed by atoms with E-state index >= 15 is 0 Å². The number of thiazole rings is 1. The molecule has 2 aromatic rings. The highest BCUT2D eigenvalue weighted by Gasteiger charge is 2.26. The van der Waals surface area contributed by atoms with E-state index in [1.807, 2.05) is 13.8 Å². The van der Waals surface area contributed by atoms with Crippen LogP contribution in [0.1, 0.15) is 30.0 Å². The van der Waals surface area contributed by atoms with Crippen LogP contribution in [-0.4, -0.2) is 21.1 Å². The van der Waals surface area contributed by atoms with Gasteiger partial charge in [0.1, 0.15) is 4.88 Å². The minimum absolute atomic E-state index is 0.0290. The number of amides is 1. The Labute approximate surface area is 114 Å². The summed E-state index contributed by atoms with van der Waals surface area (Å²) in [6, 6.07) is 0.164. The Bertz CT molecular complexity index is 615. The van der Waals surface area contributed by atoms with E-state index in [9.17, 15) is 4.79 Å². The summed E-state index contributed by atoms with van der Waals surface area (Å²) in [5.74, 6) is 0.480. The molecule has 0 spiro atoms. The zero-order valence-corrected chi connectivity index (χ0v) is 11.6. The number of hydrogen-bond acceptors (Lipinski definition) is 6. The van der Waals surface area contributed by atoms with Gasteiger partial charge in [0.2, 0.25) is 5.91 Å². The first-order valence-electron chi connectivity index (χ1n) is 6.22. The summed E-state index contributed by atoms with van der Waals surface area (Å²) in [7, 11) is 0. The van der Waals surface area contributed by atoms with Crippen LogP contribution in [0.5, 0.6) is 0 Å². The topological polar surface area (TPSA) is 80.9 Å². The van der Waals surface area contributed by atoms with E-state index in [1.54, 1.807) is 0 Å². The fraction of sp³-hybridized carbons (Fsp3) is 0.500. The molecule has 3 rings (SSSR count). The highest BCUT2D eigenvalue weighted by Crippen LogP contribution is 2.30. The van der Waals surface area contributed by atoms with Gasteiger partial charge in [0.15, 0.2) is 0 Å². The van der Waals surface area contributed by atoms with Gasteiger partial charge in [-0.15, -0.1) is 16.4 Å². The third-order valence-corrected chi connectivity index (χ3v) is 4.29. The minimum Gasteiger partial charge on any atom is -0.402 e. The number of carbonyl (C=O) groups is 1. The van der Waals surface area contributed by atoms with Crippen LogP contribution >= 0.6 is 11.3 Å². The number of aromatic nitrogens is 3. The van der Waals surface area contributed by atoms with Crippen molar-refractivity contribution in [3.8, 4) is 10.8 Å². The average molecular weight is 278 g/mol. The molecule has 1 fully saturated rings. The normalized spacial score (nSPS) is 15.3. The third-order valence-electron chi connectivity index (χ3n) is 3.23. The molecule has 1 aliphatic carbocycles. The van der Waals surface area contributed by atoms with Gasteiger partial charge in [-0.3, -0.25) is 10.1 Å². The lowest BCUT2D eigenvalue weighted by molar-refractivity contribution is -0.122. The first kappa shape index (κ1) is 12.3. The van der Waals surface area contributed by atoms with E-state index in [-0.39, 0.29) is 17.8 Å². The highest BCUT2D eigenvalue weighted by atomic mass is 32.1. The number of nitrogens with zero attached hydrogens (tertiary/aromatic N) is 3. The molecular formula is C12H14N4O2S. The summed E-state index contributed by atoms with van der Waals surface area (Å²) in [6.07, 6.45) is 3.01. The van der Waals surface area contributed by atoms with Crippen LogP contribution in [0.15, 0.2) is 4.42 Å². The molecule has 1 N–H and O–H groups in total. The van der Waals surface area contributed by atoms with Gasteiger partial charge in [-0.2, -0.15) is 0 Å². The maximum absolute atomic E-state index is 11.8. The first-order chi connectivity index (χ1) is 9.13. The molecule has 1 aliphatic rings.